The Kier molecular flexibility index (Phi) is 5.96. The molecule has 0 bridgehead atoms. The molecular weight excluding hydrogens is 414 g/mol. The highest BCUT2D eigenvalue weighted by molar-refractivity contribution is 6.02. The summed E-state index contributed by atoms with van der Waals surface area (Å²) in [6.45, 7) is 2.80. The van der Waals surface area contributed by atoms with Crippen molar-refractivity contribution < 1.29 is 9.59 Å². The second-order valence-corrected chi connectivity index (χ2v) is 9.07. The molecule has 170 valence electrons. The number of amides is 2. The second kappa shape index (κ2) is 9.19. The first-order valence-corrected chi connectivity index (χ1v) is 11.6. The van der Waals surface area contributed by atoms with Gasteiger partial charge >= 0.3 is 0 Å². The van der Waals surface area contributed by atoms with E-state index in [1.54, 1.807) is 6.20 Å². The number of hydrogen-bond acceptors (Lipinski definition) is 4. The molecule has 0 radical (unpaired) electrons. The number of nitrogens with two attached hydrogens (primary N) is 1. The number of piperidine rings is 1. The highest BCUT2D eigenvalue weighted by atomic mass is 16.2. The second-order valence-electron chi connectivity index (χ2n) is 9.07. The van der Waals surface area contributed by atoms with Crippen molar-refractivity contribution in [3.63, 3.8) is 0 Å². The quantitative estimate of drug-likeness (QED) is 0.580. The highest BCUT2D eigenvalue weighted by Crippen LogP contribution is 2.31. The van der Waals surface area contributed by atoms with Crippen LogP contribution in [0.3, 0.4) is 0 Å². The predicted octanol–water partition coefficient (Wildman–Crippen LogP) is 3.83. The number of carbonyl (C=O) groups is 2. The fraction of sp³-hybridized carbons (Fsp3) is 0.346. The van der Waals surface area contributed by atoms with Gasteiger partial charge in [0.05, 0.1) is 6.04 Å². The summed E-state index contributed by atoms with van der Waals surface area (Å²) in [5, 5.41) is 7.31. The molecule has 2 heterocycles. The SMILES string of the molecule is NC(=O)c1cn(C2CCN(Cc3ccc(-c4ccccc4)cc3)CC2)nc1NC(=O)C1CC1. The molecule has 1 aliphatic carbocycles. The van der Waals surface area contributed by atoms with E-state index in [4.69, 9.17) is 5.73 Å². The first-order valence-electron chi connectivity index (χ1n) is 11.6. The molecule has 2 amide bonds. The molecule has 1 saturated carbocycles. The van der Waals surface area contributed by atoms with Crippen LogP contribution in [0.25, 0.3) is 11.1 Å². The van der Waals surface area contributed by atoms with E-state index in [0.717, 1.165) is 45.3 Å². The monoisotopic (exact) mass is 443 g/mol. The van der Waals surface area contributed by atoms with Crippen molar-refractivity contribution in [3.05, 3.63) is 71.9 Å². The minimum Gasteiger partial charge on any atom is -0.365 e. The van der Waals surface area contributed by atoms with Crippen LogP contribution < -0.4 is 11.1 Å². The van der Waals surface area contributed by atoms with Crippen LogP contribution in [0.15, 0.2) is 60.8 Å². The zero-order valence-electron chi connectivity index (χ0n) is 18.6. The number of aromatic nitrogens is 2. The summed E-state index contributed by atoms with van der Waals surface area (Å²) >= 11 is 0. The molecule has 1 aliphatic heterocycles. The molecule has 33 heavy (non-hydrogen) atoms. The van der Waals surface area contributed by atoms with Gasteiger partial charge < -0.3 is 11.1 Å². The number of hydrogen-bond donors (Lipinski definition) is 2. The normalized spacial score (nSPS) is 17.1. The summed E-state index contributed by atoms with van der Waals surface area (Å²) in [5.41, 5.74) is 9.57. The van der Waals surface area contributed by atoms with E-state index >= 15 is 0 Å². The van der Waals surface area contributed by atoms with Crippen LogP contribution in [0.2, 0.25) is 0 Å². The first-order chi connectivity index (χ1) is 16.1. The number of carbonyl (C=O) groups excluding carboxylic acids is 2. The third-order valence-electron chi connectivity index (χ3n) is 6.59. The van der Waals surface area contributed by atoms with Gasteiger partial charge in [-0.1, -0.05) is 54.6 Å². The minimum atomic E-state index is -0.566. The summed E-state index contributed by atoms with van der Waals surface area (Å²) < 4.78 is 1.81. The van der Waals surface area contributed by atoms with E-state index in [2.05, 4.69) is 63.8 Å². The van der Waals surface area contributed by atoms with Crippen LogP contribution in [0.5, 0.6) is 0 Å². The maximum atomic E-state index is 12.1. The number of likely N-dealkylation sites (tertiary alicyclic amines) is 1. The Morgan fingerprint density at radius 2 is 1.61 bits per heavy atom. The van der Waals surface area contributed by atoms with Crippen molar-refractivity contribution in [3.8, 4) is 11.1 Å². The van der Waals surface area contributed by atoms with Crippen molar-refractivity contribution in [2.75, 3.05) is 18.4 Å². The standard InChI is InChI=1S/C26H29N5O2/c27-24(32)23-17-31(29-25(23)28-26(33)21-10-11-21)22-12-14-30(15-13-22)16-18-6-8-20(9-7-18)19-4-2-1-3-5-19/h1-9,17,21-22H,10-16H2,(H2,27,32)(H,28,29,33). The molecule has 2 fully saturated rings. The molecule has 2 aromatic carbocycles. The molecule has 2 aliphatic rings. The zero-order chi connectivity index (χ0) is 22.8. The zero-order valence-corrected chi connectivity index (χ0v) is 18.6. The van der Waals surface area contributed by atoms with Crippen molar-refractivity contribution in [1.82, 2.24) is 14.7 Å². The summed E-state index contributed by atoms with van der Waals surface area (Å²) in [5.74, 6) is -0.305. The molecule has 0 atom stereocenters. The maximum absolute atomic E-state index is 12.1. The fourth-order valence-corrected chi connectivity index (χ4v) is 4.45. The van der Waals surface area contributed by atoms with Gasteiger partial charge in [0.2, 0.25) is 5.91 Å². The van der Waals surface area contributed by atoms with Crippen molar-refractivity contribution in [1.29, 1.82) is 0 Å². The van der Waals surface area contributed by atoms with E-state index in [-0.39, 0.29) is 23.4 Å². The van der Waals surface area contributed by atoms with Crippen molar-refractivity contribution in [2.24, 2.45) is 11.7 Å². The Bertz CT molecular complexity index is 1130. The van der Waals surface area contributed by atoms with Gasteiger partial charge in [-0.2, -0.15) is 5.10 Å². The van der Waals surface area contributed by atoms with Crippen LogP contribution in [0, 0.1) is 5.92 Å². The van der Waals surface area contributed by atoms with Crippen LogP contribution >= 0.6 is 0 Å². The van der Waals surface area contributed by atoms with E-state index in [9.17, 15) is 9.59 Å². The Hall–Kier alpha value is -3.45. The molecule has 7 nitrogen and oxygen atoms in total. The molecular formula is C26H29N5O2. The van der Waals surface area contributed by atoms with Crippen LogP contribution in [-0.2, 0) is 11.3 Å². The van der Waals surface area contributed by atoms with Gasteiger partial charge in [-0.15, -0.1) is 0 Å². The topological polar surface area (TPSA) is 93.2 Å². The van der Waals surface area contributed by atoms with Gasteiger partial charge in [0.1, 0.15) is 5.56 Å². The summed E-state index contributed by atoms with van der Waals surface area (Å²) in [4.78, 5) is 26.4. The van der Waals surface area contributed by atoms with Gasteiger partial charge in [0.15, 0.2) is 5.82 Å². The molecule has 7 heteroatoms. The molecule has 1 saturated heterocycles. The Labute approximate surface area is 193 Å². The van der Waals surface area contributed by atoms with Crippen LogP contribution in [0.4, 0.5) is 5.82 Å². The van der Waals surface area contributed by atoms with Crippen LogP contribution in [0.1, 0.15) is 47.6 Å². The Balaban J connectivity index is 1.19. The molecule has 1 aromatic heterocycles. The van der Waals surface area contributed by atoms with E-state index in [1.165, 1.54) is 16.7 Å². The third kappa shape index (κ3) is 4.98. The highest BCUT2D eigenvalue weighted by Gasteiger charge is 2.31. The number of rotatable bonds is 7. The lowest BCUT2D eigenvalue weighted by molar-refractivity contribution is -0.117. The number of primary amides is 1. The van der Waals surface area contributed by atoms with Gasteiger partial charge in [-0.25, -0.2) is 0 Å². The Morgan fingerprint density at radius 3 is 2.24 bits per heavy atom. The number of anilines is 1. The van der Waals surface area contributed by atoms with Crippen molar-refractivity contribution >= 4 is 17.6 Å². The fourth-order valence-electron chi connectivity index (χ4n) is 4.45. The van der Waals surface area contributed by atoms with E-state index in [1.807, 2.05) is 10.7 Å². The lowest BCUT2D eigenvalue weighted by atomic mass is 10.0. The summed E-state index contributed by atoms with van der Waals surface area (Å²) in [6.07, 6.45) is 5.33. The molecule has 0 unspecified atom stereocenters. The predicted molar refractivity (Wildman–Crippen MR) is 128 cm³/mol. The van der Waals surface area contributed by atoms with Gasteiger partial charge in [-0.3, -0.25) is 19.2 Å². The molecule has 3 aromatic rings. The average Bonchev–Trinajstić information content (AvgIpc) is 3.61. The average molecular weight is 444 g/mol. The maximum Gasteiger partial charge on any atom is 0.254 e. The molecule has 5 rings (SSSR count). The van der Waals surface area contributed by atoms with Crippen LogP contribution in [-0.4, -0.2) is 39.6 Å². The summed E-state index contributed by atoms with van der Waals surface area (Å²) in [7, 11) is 0. The first kappa shape index (κ1) is 21.4. The Morgan fingerprint density at radius 1 is 0.939 bits per heavy atom. The molecule has 0 spiro atoms. The minimum absolute atomic E-state index is 0.0425. The number of benzene rings is 2. The van der Waals surface area contributed by atoms with E-state index < -0.39 is 5.91 Å². The number of nitrogens with zero attached hydrogens (tertiary/aromatic N) is 3. The lowest BCUT2D eigenvalue weighted by Crippen LogP contribution is -2.34. The summed E-state index contributed by atoms with van der Waals surface area (Å²) in [6, 6.07) is 19.4. The van der Waals surface area contributed by atoms with Gasteiger partial charge in [0.25, 0.3) is 5.91 Å². The van der Waals surface area contributed by atoms with E-state index in [0.29, 0.717) is 5.82 Å². The smallest absolute Gasteiger partial charge is 0.254 e. The lowest BCUT2D eigenvalue weighted by Gasteiger charge is -2.32. The van der Waals surface area contributed by atoms with Gasteiger partial charge in [-0.05, 0) is 42.4 Å². The molecule has 3 N–H and O–H groups in total. The van der Waals surface area contributed by atoms with Crippen molar-refractivity contribution in [2.45, 2.75) is 38.3 Å². The largest absolute Gasteiger partial charge is 0.365 e. The number of nitrogens with one attached hydrogen (secondary N) is 1. The third-order valence-corrected chi connectivity index (χ3v) is 6.59. The van der Waals surface area contributed by atoms with Gasteiger partial charge in [0, 0.05) is 31.7 Å².